The van der Waals surface area contributed by atoms with Gasteiger partial charge in [0, 0.05) is 13.0 Å². The second-order valence-electron chi connectivity index (χ2n) is 4.64. The Labute approximate surface area is 99.4 Å². The third-order valence-electron chi connectivity index (χ3n) is 3.42. The summed E-state index contributed by atoms with van der Waals surface area (Å²) in [6.45, 7) is 2.34. The third kappa shape index (κ3) is 2.25. The van der Waals surface area contributed by atoms with Crippen molar-refractivity contribution in [2.75, 3.05) is 0 Å². The molecule has 0 aromatic carbocycles. The van der Waals surface area contributed by atoms with Crippen LogP contribution < -0.4 is 0 Å². The first kappa shape index (κ1) is 11.1. The van der Waals surface area contributed by atoms with Crippen LogP contribution in [0.2, 0.25) is 0 Å². The van der Waals surface area contributed by atoms with Gasteiger partial charge >= 0.3 is 0 Å². The molecule has 1 fully saturated rings. The number of hydrogen-bond donors (Lipinski definition) is 0. The van der Waals surface area contributed by atoms with E-state index in [1.54, 1.807) is 0 Å². The van der Waals surface area contributed by atoms with Crippen LogP contribution >= 0.6 is 15.9 Å². The molecule has 1 aromatic heterocycles. The maximum atomic E-state index is 4.33. The van der Waals surface area contributed by atoms with Crippen LogP contribution in [0.15, 0.2) is 0 Å². The summed E-state index contributed by atoms with van der Waals surface area (Å²) in [5, 5.41) is 9.32. The predicted molar refractivity (Wildman–Crippen MR) is 64.0 cm³/mol. The fourth-order valence-electron chi connectivity index (χ4n) is 2.52. The molecule has 84 valence electrons. The fourth-order valence-corrected chi connectivity index (χ4v) is 3.00. The number of aromatic nitrogens is 3. The Bertz CT molecular complexity index is 335. The van der Waals surface area contributed by atoms with Crippen molar-refractivity contribution in [1.29, 1.82) is 0 Å². The number of halogens is 1. The van der Waals surface area contributed by atoms with E-state index in [4.69, 9.17) is 0 Å². The maximum absolute atomic E-state index is 4.33. The fraction of sp³-hybridized carbons (Fsp3) is 0.818. The first-order valence-corrected chi connectivity index (χ1v) is 6.78. The lowest BCUT2D eigenvalue weighted by molar-refractivity contribution is 0.330. The molecule has 1 aliphatic carbocycles. The number of nitrogens with zero attached hydrogens (tertiary/aromatic N) is 3. The molecule has 2 unspecified atom stereocenters. The lowest BCUT2D eigenvalue weighted by atomic mass is 9.82. The van der Waals surface area contributed by atoms with E-state index < -0.39 is 0 Å². The topological polar surface area (TPSA) is 30.7 Å². The highest BCUT2D eigenvalue weighted by atomic mass is 79.9. The zero-order valence-corrected chi connectivity index (χ0v) is 11.0. The molecule has 0 bridgehead atoms. The summed E-state index contributed by atoms with van der Waals surface area (Å²) in [5.74, 6) is 3.67. The molecule has 1 saturated carbocycles. The normalized spacial score (nSPS) is 26.9. The molecular formula is C11H18BrN3. The van der Waals surface area contributed by atoms with Gasteiger partial charge in [0.05, 0.1) is 5.33 Å². The SMILES string of the molecule is CC1CCCC(c2nnc(CBr)n2C)C1. The van der Waals surface area contributed by atoms with Crippen molar-refractivity contribution in [2.45, 2.75) is 43.9 Å². The predicted octanol–water partition coefficient (Wildman–Crippen LogP) is 3.00. The third-order valence-corrected chi connectivity index (χ3v) is 3.92. The molecular weight excluding hydrogens is 254 g/mol. The minimum Gasteiger partial charge on any atom is -0.317 e. The summed E-state index contributed by atoms with van der Waals surface area (Å²) in [6.07, 6.45) is 5.26. The minimum atomic E-state index is 0.624. The standard InChI is InChI=1S/C11H18BrN3/c1-8-4-3-5-9(6-8)11-14-13-10(7-12)15(11)2/h8-9H,3-7H2,1-2H3. The monoisotopic (exact) mass is 271 g/mol. The molecule has 3 nitrogen and oxygen atoms in total. The zero-order chi connectivity index (χ0) is 10.8. The van der Waals surface area contributed by atoms with Gasteiger partial charge in [0.25, 0.3) is 0 Å². The van der Waals surface area contributed by atoms with Crippen LogP contribution in [0.3, 0.4) is 0 Å². The highest BCUT2D eigenvalue weighted by molar-refractivity contribution is 9.08. The van der Waals surface area contributed by atoms with Gasteiger partial charge in [-0.15, -0.1) is 10.2 Å². The van der Waals surface area contributed by atoms with Gasteiger partial charge in [-0.25, -0.2) is 0 Å². The van der Waals surface area contributed by atoms with Gasteiger partial charge in [0.1, 0.15) is 11.6 Å². The molecule has 0 saturated heterocycles. The molecule has 4 heteroatoms. The molecule has 1 heterocycles. The van der Waals surface area contributed by atoms with Crippen molar-refractivity contribution in [3.05, 3.63) is 11.6 Å². The van der Waals surface area contributed by atoms with E-state index in [1.807, 2.05) is 0 Å². The van der Waals surface area contributed by atoms with Crippen molar-refractivity contribution in [3.8, 4) is 0 Å². The minimum absolute atomic E-state index is 0.624. The number of hydrogen-bond acceptors (Lipinski definition) is 2. The van der Waals surface area contributed by atoms with Gasteiger partial charge in [0.2, 0.25) is 0 Å². The molecule has 0 spiro atoms. The van der Waals surface area contributed by atoms with Gasteiger partial charge < -0.3 is 4.57 Å². The van der Waals surface area contributed by atoms with Crippen LogP contribution in [-0.2, 0) is 12.4 Å². The van der Waals surface area contributed by atoms with Crippen LogP contribution in [0.5, 0.6) is 0 Å². The van der Waals surface area contributed by atoms with Crippen molar-refractivity contribution in [3.63, 3.8) is 0 Å². The first-order valence-electron chi connectivity index (χ1n) is 5.66. The largest absolute Gasteiger partial charge is 0.317 e. The average molecular weight is 272 g/mol. The van der Waals surface area contributed by atoms with Crippen molar-refractivity contribution in [1.82, 2.24) is 14.8 Å². The molecule has 0 radical (unpaired) electrons. The summed E-state index contributed by atoms with van der Waals surface area (Å²) in [4.78, 5) is 0. The molecule has 0 aliphatic heterocycles. The second-order valence-corrected chi connectivity index (χ2v) is 5.20. The van der Waals surface area contributed by atoms with E-state index in [1.165, 1.54) is 31.5 Å². The van der Waals surface area contributed by atoms with E-state index in [-0.39, 0.29) is 0 Å². The Hall–Kier alpha value is -0.380. The van der Waals surface area contributed by atoms with Gasteiger partial charge in [-0.2, -0.15) is 0 Å². The zero-order valence-electron chi connectivity index (χ0n) is 9.41. The van der Waals surface area contributed by atoms with Crippen LogP contribution in [-0.4, -0.2) is 14.8 Å². The summed E-state index contributed by atoms with van der Waals surface area (Å²) in [7, 11) is 2.07. The molecule has 0 amide bonds. The summed E-state index contributed by atoms with van der Waals surface area (Å²) in [5.41, 5.74) is 0. The van der Waals surface area contributed by atoms with Gasteiger partial charge in [-0.05, 0) is 18.8 Å². The van der Waals surface area contributed by atoms with E-state index >= 15 is 0 Å². The lowest BCUT2D eigenvalue weighted by Gasteiger charge is -2.25. The average Bonchev–Trinajstić information content (AvgIpc) is 2.59. The summed E-state index contributed by atoms with van der Waals surface area (Å²) in [6, 6.07) is 0. The Morgan fingerprint density at radius 2 is 2.20 bits per heavy atom. The first-order chi connectivity index (χ1) is 7.22. The van der Waals surface area contributed by atoms with Gasteiger partial charge in [-0.3, -0.25) is 0 Å². The van der Waals surface area contributed by atoms with Crippen LogP contribution in [0.25, 0.3) is 0 Å². The molecule has 2 atom stereocenters. The highest BCUT2D eigenvalue weighted by Gasteiger charge is 2.24. The van der Waals surface area contributed by atoms with Crippen LogP contribution in [0.1, 0.15) is 50.2 Å². The number of rotatable bonds is 2. The molecule has 0 N–H and O–H groups in total. The number of alkyl halides is 1. The second kappa shape index (κ2) is 4.64. The smallest absolute Gasteiger partial charge is 0.143 e. The maximum Gasteiger partial charge on any atom is 0.143 e. The van der Waals surface area contributed by atoms with E-state index in [2.05, 4.69) is 44.7 Å². The quantitative estimate of drug-likeness (QED) is 0.775. The van der Waals surface area contributed by atoms with E-state index in [0.717, 1.165) is 17.1 Å². The summed E-state index contributed by atoms with van der Waals surface area (Å²) >= 11 is 3.43. The molecule has 1 aliphatic rings. The molecule has 2 rings (SSSR count). The van der Waals surface area contributed by atoms with Crippen molar-refractivity contribution < 1.29 is 0 Å². The molecule has 15 heavy (non-hydrogen) atoms. The van der Waals surface area contributed by atoms with Crippen molar-refractivity contribution >= 4 is 15.9 Å². The Morgan fingerprint density at radius 1 is 1.40 bits per heavy atom. The summed E-state index contributed by atoms with van der Waals surface area (Å²) < 4.78 is 2.15. The Balaban J connectivity index is 2.17. The van der Waals surface area contributed by atoms with Gasteiger partial charge in [0.15, 0.2) is 0 Å². The highest BCUT2D eigenvalue weighted by Crippen LogP contribution is 2.34. The van der Waals surface area contributed by atoms with Gasteiger partial charge in [-0.1, -0.05) is 35.7 Å². The van der Waals surface area contributed by atoms with Crippen molar-refractivity contribution in [2.24, 2.45) is 13.0 Å². The van der Waals surface area contributed by atoms with Crippen LogP contribution in [0, 0.1) is 5.92 Å². The Morgan fingerprint density at radius 3 is 2.80 bits per heavy atom. The van der Waals surface area contributed by atoms with Crippen LogP contribution in [0.4, 0.5) is 0 Å². The van der Waals surface area contributed by atoms with E-state index in [9.17, 15) is 0 Å². The Kier molecular flexibility index (Phi) is 3.44. The lowest BCUT2D eigenvalue weighted by Crippen LogP contribution is -2.15. The molecule has 1 aromatic rings. The van der Waals surface area contributed by atoms with E-state index in [0.29, 0.717) is 5.92 Å².